The number of amides is 1. The summed E-state index contributed by atoms with van der Waals surface area (Å²) in [6, 6.07) is 7.52. The van der Waals surface area contributed by atoms with Crippen LogP contribution < -0.4 is 11.1 Å². The van der Waals surface area contributed by atoms with E-state index in [9.17, 15) is 9.59 Å². The third kappa shape index (κ3) is 3.57. The van der Waals surface area contributed by atoms with Gasteiger partial charge >= 0.3 is 5.97 Å². The van der Waals surface area contributed by atoms with E-state index in [0.717, 1.165) is 0 Å². The number of hydrogen-bond donors (Lipinski definition) is 3. The zero-order chi connectivity index (χ0) is 12.8. The summed E-state index contributed by atoms with van der Waals surface area (Å²) < 4.78 is 0. The quantitative estimate of drug-likeness (QED) is 0.695. The van der Waals surface area contributed by atoms with Crippen LogP contribution in [0.2, 0.25) is 0 Å². The maximum absolute atomic E-state index is 11.6. The lowest BCUT2D eigenvalue weighted by atomic mass is 10.1. The van der Waals surface area contributed by atoms with Crippen molar-refractivity contribution in [1.29, 1.82) is 0 Å². The lowest BCUT2D eigenvalue weighted by molar-refractivity contribution is -0.142. The zero-order valence-electron chi connectivity index (χ0n) is 9.59. The highest BCUT2D eigenvalue weighted by atomic mass is 16.4. The molecule has 4 N–H and O–H groups in total. The molecule has 0 bridgehead atoms. The molecule has 0 spiro atoms. The van der Waals surface area contributed by atoms with Crippen molar-refractivity contribution in [1.82, 2.24) is 5.32 Å². The maximum atomic E-state index is 11.6. The lowest BCUT2D eigenvalue weighted by Crippen LogP contribution is -2.39. The summed E-state index contributed by atoms with van der Waals surface area (Å²) in [5.41, 5.74) is 5.89. The van der Waals surface area contributed by atoms with Gasteiger partial charge in [-0.1, -0.05) is 37.3 Å². The second-order valence-electron chi connectivity index (χ2n) is 3.83. The van der Waals surface area contributed by atoms with Crippen molar-refractivity contribution in [2.75, 3.05) is 6.54 Å². The lowest BCUT2D eigenvalue weighted by Gasteiger charge is -2.17. The number of nitrogens with two attached hydrogens (primary N) is 1. The number of nitrogens with one attached hydrogen (secondary N) is 1. The van der Waals surface area contributed by atoms with Crippen molar-refractivity contribution < 1.29 is 14.7 Å². The summed E-state index contributed by atoms with van der Waals surface area (Å²) in [4.78, 5) is 22.7. The predicted octanol–water partition coefficient (Wildman–Crippen LogP) is 0.523. The Labute approximate surface area is 99.6 Å². The number of benzene rings is 1. The number of rotatable bonds is 5. The van der Waals surface area contributed by atoms with E-state index in [4.69, 9.17) is 10.8 Å². The molecule has 0 aliphatic heterocycles. The van der Waals surface area contributed by atoms with Crippen LogP contribution in [0.25, 0.3) is 0 Å². The fourth-order valence-electron chi connectivity index (χ4n) is 1.32. The van der Waals surface area contributed by atoms with Crippen molar-refractivity contribution >= 4 is 11.9 Å². The Balaban J connectivity index is 2.82. The van der Waals surface area contributed by atoms with Gasteiger partial charge in [-0.3, -0.25) is 4.79 Å². The van der Waals surface area contributed by atoms with Crippen LogP contribution in [0.4, 0.5) is 0 Å². The molecular weight excluding hydrogens is 220 g/mol. The Morgan fingerprint density at radius 3 is 2.41 bits per heavy atom. The molecule has 1 aromatic rings. The molecule has 0 saturated heterocycles. The van der Waals surface area contributed by atoms with Gasteiger partial charge in [-0.05, 0) is 5.56 Å². The van der Waals surface area contributed by atoms with Gasteiger partial charge in [0.1, 0.15) is 0 Å². The smallest absolute Gasteiger partial charge is 0.330 e. The Kier molecular flexibility index (Phi) is 4.66. The van der Waals surface area contributed by atoms with E-state index in [-0.39, 0.29) is 12.5 Å². The Bertz CT molecular complexity index is 392. The summed E-state index contributed by atoms with van der Waals surface area (Å²) >= 11 is 0. The first-order valence-corrected chi connectivity index (χ1v) is 5.34. The highest BCUT2D eigenvalue weighted by molar-refractivity contribution is 5.85. The molecular formula is C12H16N2O3. The van der Waals surface area contributed by atoms with Gasteiger partial charge in [0.15, 0.2) is 6.04 Å². The largest absolute Gasteiger partial charge is 0.479 e. The number of carbonyl (C=O) groups excluding carboxylic acids is 1. The second kappa shape index (κ2) is 6.00. The number of carboxylic acid groups (broad SMARTS) is 1. The fourth-order valence-corrected chi connectivity index (χ4v) is 1.32. The van der Waals surface area contributed by atoms with Gasteiger partial charge in [-0.15, -0.1) is 0 Å². The normalized spacial score (nSPS) is 13.8. The molecule has 1 amide bonds. The van der Waals surface area contributed by atoms with Gasteiger partial charge < -0.3 is 16.2 Å². The maximum Gasteiger partial charge on any atom is 0.330 e. The third-order valence-corrected chi connectivity index (χ3v) is 2.47. The molecule has 1 aromatic carbocycles. The van der Waals surface area contributed by atoms with E-state index < -0.39 is 17.9 Å². The average Bonchev–Trinajstić information content (AvgIpc) is 2.35. The van der Waals surface area contributed by atoms with Crippen LogP contribution >= 0.6 is 0 Å². The van der Waals surface area contributed by atoms with E-state index in [0.29, 0.717) is 5.56 Å². The summed E-state index contributed by atoms with van der Waals surface area (Å²) in [5, 5.41) is 11.5. The number of carboxylic acids is 1. The molecule has 0 radical (unpaired) electrons. The van der Waals surface area contributed by atoms with Crippen molar-refractivity contribution in [2.45, 2.75) is 13.0 Å². The first-order chi connectivity index (χ1) is 8.06. The molecule has 5 heteroatoms. The molecule has 0 aliphatic rings. The molecule has 92 valence electrons. The van der Waals surface area contributed by atoms with Crippen LogP contribution in [-0.4, -0.2) is 23.5 Å². The van der Waals surface area contributed by atoms with E-state index in [1.54, 1.807) is 37.3 Å². The van der Waals surface area contributed by atoms with Crippen molar-refractivity contribution in [2.24, 2.45) is 11.7 Å². The third-order valence-electron chi connectivity index (χ3n) is 2.47. The van der Waals surface area contributed by atoms with Crippen LogP contribution in [0.5, 0.6) is 0 Å². The van der Waals surface area contributed by atoms with E-state index in [1.807, 2.05) is 0 Å². The molecule has 2 atom stereocenters. The van der Waals surface area contributed by atoms with Crippen LogP contribution in [-0.2, 0) is 9.59 Å². The molecule has 1 rings (SSSR count). The summed E-state index contributed by atoms with van der Waals surface area (Å²) in [5.74, 6) is -1.85. The second-order valence-corrected chi connectivity index (χ2v) is 3.83. The average molecular weight is 236 g/mol. The predicted molar refractivity (Wildman–Crippen MR) is 63.2 cm³/mol. The SMILES string of the molecule is CC(CN)C(=O)N[C@H](C(=O)O)c1ccccc1. The Hall–Kier alpha value is -1.88. The molecule has 17 heavy (non-hydrogen) atoms. The van der Waals surface area contributed by atoms with Gasteiger partial charge in [0.25, 0.3) is 0 Å². The van der Waals surface area contributed by atoms with E-state index in [1.165, 1.54) is 0 Å². The van der Waals surface area contributed by atoms with Crippen molar-refractivity contribution in [3.8, 4) is 0 Å². The van der Waals surface area contributed by atoms with Crippen molar-refractivity contribution in [3.05, 3.63) is 35.9 Å². The van der Waals surface area contributed by atoms with Gasteiger partial charge in [0.2, 0.25) is 5.91 Å². The van der Waals surface area contributed by atoms with Gasteiger partial charge in [0, 0.05) is 12.5 Å². The summed E-state index contributed by atoms with van der Waals surface area (Å²) in [7, 11) is 0. The topological polar surface area (TPSA) is 92.4 Å². The van der Waals surface area contributed by atoms with Gasteiger partial charge in [-0.25, -0.2) is 4.79 Å². The molecule has 0 aliphatic carbocycles. The fraction of sp³-hybridized carbons (Fsp3) is 0.333. The zero-order valence-corrected chi connectivity index (χ0v) is 9.59. The van der Waals surface area contributed by atoms with Gasteiger partial charge in [0.05, 0.1) is 0 Å². The van der Waals surface area contributed by atoms with Gasteiger partial charge in [-0.2, -0.15) is 0 Å². The van der Waals surface area contributed by atoms with Crippen molar-refractivity contribution in [3.63, 3.8) is 0 Å². The minimum atomic E-state index is -1.09. The molecule has 0 fully saturated rings. The first-order valence-electron chi connectivity index (χ1n) is 5.34. The minimum Gasteiger partial charge on any atom is -0.479 e. The van der Waals surface area contributed by atoms with E-state index in [2.05, 4.69) is 5.32 Å². The molecule has 5 nitrogen and oxygen atoms in total. The number of hydrogen-bond acceptors (Lipinski definition) is 3. The van der Waals surface area contributed by atoms with E-state index >= 15 is 0 Å². The molecule has 0 aromatic heterocycles. The number of aliphatic carboxylic acids is 1. The standard InChI is InChI=1S/C12H16N2O3/c1-8(7-13)11(15)14-10(12(16)17)9-5-3-2-4-6-9/h2-6,8,10H,7,13H2,1H3,(H,14,15)(H,16,17)/t8?,10-/m0/s1. The van der Waals surface area contributed by atoms with Crippen LogP contribution in [0.15, 0.2) is 30.3 Å². The number of carbonyl (C=O) groups is 2. The summed E-state index contributed by atoms with van der Waals surface area (Å²) in [6.07, 6.45) is 0. The molecule has 1 unspecified atom stereocenters. The Morgan fingerprint density at radius 1 is 1.35 bits per heavy atom. The first kappa shape index (κ1) is 13.2. The van der Waals surface area contributed by atoms with Crippen LogP contribution in [0, 0.1) is 5.92 Å². The Morgan fingerprint density at radius 2 is 1.94 bits per heavy atom. The minimum absolute atomic E-state index is 0.187. The molecule has 0 saturated carbocycles. The molecule has 0 heterocycles. The monoisotopic (exact) mass is 236 g/mol. The highest BCUT2D eigenvalue weighted by Crippen LogP contribution is 2.13. The highest BCUT2D eigenvalue weighted by Gasteiger charge is 2.23. The van der Waals surface area contributed by atoms with Crippen LogP contribution in [0.1, 0.15) is 18.5 Å². The van der Waals surface area contributed by atoms with Crippen LogP contribution in [0.3, 0.4) is 0 Å². The summed E-state index contributed by atoms with van der Waals surface area (Å²) in [6.45, 7) is 1.84.